The highest BCUT2D eigenvalue weighted by atomic mass is 79.9. The molecule has 1 aliphatic heterocycles. The molecule has 0 saturated carbocycles. The molecule has 0 atom stereocenters. The number of furan rings is 1. The van der Waals surface area contributed by atoms with Crippen LogP contribution in [0.2, 0.25) is 0 Å². The second-order valence-electron chi connectivity index (χ2n) is 4.87. The molecule has 4 heteroatoms. The Morgan fingerprint density at radius 2 is 2.20 bits per heavy atom. The highest BCUT2D eigenvalue weighted by Crippen LogP contribution is 2.33. The smallest absolute Gasteiger partial charge is 0.202 e. The van der Waals surface area contributed by atoms with Gasteiger partial charge in [0, 0.05) is 29.3 Å². The van der Waals surface area contributed by atoms with E-state index in [1.54, 1.807) is 6.07 Å². The predicted octanol–water partition coefficient (Wildman–Crippen LogP) is 3.96. The molecule has 3 nitrogen and oxygen atoms in total. The summed E-state index contributed by atoms with van der Waals surface area (Å²) < 4.78 is 12.1. The molecule has 0 N–H and O–H groups in total. The van der Waals surface area contributed by atoms with E-state index in [2.05, 4.69) is 22.0 Å². The van der Waals surface area contributed by atoms with E-state index in [0.29, 0.717) is 18.8 Å². The van der Waals surface area contributed by atoms with Crippen molar-refractivity contribution in [1.29, 1.82) is 0 Å². The predicted molar refractivity (Wildman–Crippen MR) is 79.5 cm³/mol. The fourth-order valence-corrected chi connectivity index (χ4v) is 3.01. The molecule has 0 fully saturated rings. The lowest BCUT2D eigenvalue weighted by Gasteiger charge is -2.07. The summed E-state index contributed by atoms with van der Waals surface area (Å²) in [5, 5.41) is 0. The summed E-state index contributed by atoms with van der Waals surface area (Å²) in [4.78, 5) is 12.3. The maximum absolute atomic E-state index is 12.3. The fraction of sp³-hybridized carbons (Fsp3) is 0.312. The number of hydrogen-bond acceptors (Lipinski definition) is 3. The number of carbonyl (C=O) groups excluding carboxylic acids is 1. The molecular formula is C16H15BrO3. The molecule has 0 saturated heterocycles. The lowest BCUT2D eigenvalue weighted by molar-refractivity contribution is 0.0964. The Hall–Kier alpha value is -1.55. The van der Waals surface area contributed by atoms with Crippen LogP contribution >= 0.6 is 15.9 Å². The third-order valence-electron chi connectivity index (χ3n) is 3.46. The largest absolute Gasteiger partial charge is 0.493 e. The van der Waals surface area contributed by atoms with E-state index in [0.717, 1.165) is 40.0 Å². The number of Topliss-reactive ketones (excluding diaryl/α,β-unsaturated/α-hetero) is 1. The Morgan fingerprint density at radius 3 is 2.95 bits per heavy atom. The monoisotopic (exact) mass is 334 g/mol. The van der Waals surface area contributed by atoms with Crippen molar-refractivity contribution in [3.63, 3.8) is 0 Å². The van der Waals surface area contributed by atoms with Crippen LogP contribution in [0.5, 0.6) is 5.75 Å². The Morgan fingerprint density at radius 1 is 1.35 bits per heavy atom. The van der Waals surface area contributed by atoms with E-state index < -0.39 is 0 Å². The van der Waals surface area contributed by atoms with Gasteiger partial charge < -0.3 is 9.15 Å². The van der Waals surface area contributed by atoms with Gasteiger partial charge in [0.25, 0.3) is 0 Å². The number of halogens is 1. The first-order chi connectivity index (χ1) is 9.67. The number of benzene rings is 1. The molecule has 1 aromatic carbocycles. The number of fused-ring (bicyclic) bond motifs is 1. The summed E-state index contributed by atoms with van der Waals surface area (Å²) in [6, 6.07) is 7.61. The van der Waals surface area contributed by atoms with Crippen LogP contribution in [0.3, 0.4) is 0 Å². The van der Waals surface area contributed by atoms with Gasteiger partial charge in [0.2, 0.25) is 5.78 Å². The number of rotatable bonds is 4. The minimum Gasteiger partial charge on any atom is -0.493 e. The van der Waals surface area contributed by atoms with Gasteiger partial charge >= 0.3 is 0 Å². The zero-order valence-electron chi connectivity index (χ0n) is 11.2. The summed E-state index contributed by atoms with van der Waals surface area (Å²) in [6.45, 7) is 2.69. The average Bonchev–Trinajstić information content (AvgIpc) is 3.06. The number of carbonyl (C=O) groups is 1. The minimum atomic E-state index is -0.0134. The second kappa shape index (κ2) is 5.44. The molecule has 0 amide bonds. The zero-order valence-corrected chi connectivity index (χ0v) is 12.8. The van der Waals surface area contributed by atoms with E-state index in [1.165, 1.54) is 0 Å². The van der Waals surface area contributed by atoms with Crippen molar-refractivity contribution >= 4 is 21.7 Å². The van der Waals surface area contributed by atoms with Crippen LogP contribution in [0.1, 0.15) is 34.4 Å². The lowest BCUT2D eigenvalue weighted by Crippen LogP contribution is -2.04. The van der Waals surface area contributed by atoms with Gasteiger partial charge in [-0.05, 0) is 29.8 Å². The van der Waals surface area contributed by atoms with Gasteiger partial charge in [-0.3, -0.25) is 4.79 Å². The molecule has 104 valence electrons. The van der Waals surface area contributed by atoms with Crippen LogP contribution < -0.4 is 4.74 Å². The van der Waals surface area contributed by atoms with Crippen molar-refractivity contribution < 1.29 is 13.9 Å². The normalized spacial score (nSPS) is 13.1. The second-order valence-corrected chi connectivity index (χ2v) is 5.79. The summed E-state index contributed by atoms with van der Waals surface area (Å²) in [5.41, 5.74) is 2.09. The molecule has 0 bridgehead atoms. The van der Waals surface area contributed by atoms with Crippen molar-refractivity contribution in [3.8, 4) is 5.75 Å². The van der Waals surface area contributed by atoms with Gasteiger partial charge in [-0.1, -0.05) is 22.9 Å². The molecule has 1 aromatic heterocycles. The van der Waals surface area contributed by atoms with Crippen LogP contribution in [0.25, 0.3) is 0 Å². The van der Waals surface area contributed by atoms with Gasteiger partial charge in [-0.15, -0.1) is 0 Å². The zero-order chi connectivity index (χ0) is 14.1. The van der Waals surface area contributed by atoms with Crippen LogP contribution in [0.4, 0.5) is 0 Å². The van der Waals surface area contributed by atoms with Gasteiger partial charge in [0.15, 0.2) is 5.76 Å². The van der Waals surface area contributed by atoms with E-state index in [1.807, 2.05) is 19.1 Å². The van der Waals surface area contributed by atoms with Crippen molar-refractivity contribution in [2.24, 2.45) is 0 Å². The molecule has 20 heavy (non-hydrogen) atoms. The molecule has 0 aliphatic carbocycles. The summed E-state index contributed by atoms with van der Waals surface area (Å²) in [7, 11) is 0. The first-order valence-corrected chi connectivity index (χ1v) is 7.52. The Labute approximate surface area is 126 Å². The van der Waals surface area contributed by atoms with E-state index in [-0.39, 0.29) is 5.78 Å². The highest BCUT2D eigenvalue weighted by Gasteiger charge is 2.20. The van der Waals surface area contributed by atoms with Gasteiger partial charge in [0.05, 0.1) is 6.61 Å². The van der Waals surface area contributed by atoms with Gasteiger partial charge in [-0.2, -0.15) is 0 Å². The molecule has 1 aliphatic rings. The molecule has 3 rings (SSSR count). The van der Waals surface area contributed by atoms with E-state index in [4.69, 9.17) is 9.15 Å². The van der Waals surface area contributed by atoms with Crippen LogP contribution in [0.15, 0.2) is 33.2 Å². The van der Waals surface area contributed by atoms with E-state index in [9.17, 15) is 4.79 Å². The standard InChI is InChI=1S/C16H15BrO3/c1-2-13-3-4-15(20-13)14(18)9-11-8-12(17)7-10-5-6-19-16(10)11/h3-4,7-8H,2,5-6,9H2,1H3. The maximum atomic E-state index is 12.3. The Bertz CT molecular complexity index is 658. The SMILES string of the molecule is CCc1ccc(C(=O)Cc2cc(Br)cc3c2OCC3)o1. The van der Waals surface area contributed by atoms with Crippen LogP contribution in [-0.4, -0.2) is 12.4 Å². The summed E-state index contributed by atoms with van der Waals surface area (Å²) in [5.74, 6) is 2.11. The fourth-order valence-electron chi connectivity index (χ4n) is 2.46. The highest BCUT2D eigenvalue weighted by molar-refractivity contribution is 9.10. The van der Waals surface area contributed by atoms with Crippen molar-refractivity contribution in [3.05, 3.63) is 51.4 Å². The van der Waals surface area contributed by atoms with E-state index >= 15 is 0 Å². The third kappa shape index (κ3) is 2.52. The van der Waals surface area contributed by atoms with Gasteiger partial charge in [0.1, 0.15) is 11.5 Å². The molecule has 0 radical (unpaired) electrons. The lowest BCUT2D eigenvalue weighted by atomic mass is 10.0. The first kappa shape index (κ1) is 13.4. The Kier molecular flexibility index (Phi) is 3.66. The van der Waals surface area contributed by atoms with Crippen molar-refractivity contribution in [2.75, 3.05) is 6.61 Å². The van der Waals surface area contributed by atoms with Crippen molar-refractivity contribution in [1.82, 2.24) is 0 Å². The quantitative estimate of drug-likeness (QED) is 0.794. The number of ketones is 1. The topological polar surface area (TPSA) is 39.4 Å². The van der Waals surface area contributed by atoms with Crippen LogP contribution in [0, 0.1) is 0 Å². The molecule has 2 aromatic rings. The van der Waals surface area contributed by atoms with Gasteiger partial charge in [-0.25, -0.2) is 0 Å². The summed E-state index contributed by atoms with van der Waals surface area (Å²) in [6.07, 6.45) is 2.00. The first-order valence-electron chi connectivity index (χ1n) is 6.73. The molecular weight excluding hydrogens is 320 g/mol. The Balaban J connectivity index is 1.86. The number of ether oxygens (including phenoxy) is 1. The average molecular weight is 335 g/mol. The molecule has 0 unspecified atom stereocenters. The number of aryl methyl sites for hydroxylation is 1. The maximum Gasteiger partial charge on any atom is 0.202 e. The summed E-state index contributed by atoms with van der Waals surface area (Å²) >= 11 is 3.49. The molecule has 0 spiro atoms. The third-order valence-corrected chi connectivity index (χ3v) is 3.92. The molecule has 2 heterocycles. The van der Waals surface area contributed by atoms with Crippen LogP contribution in [-0.2, 0) is 19.3 Å². The van der Waals surface area contributed by atoms with Crippen molar-refractivity contribution in [2.45, 2.75) is 26.2 Å². The minimum absolute atomic E-state index is 0.0134. The number of hydrogen-bond donors (Lipinski definition) is 0.